The molecule has 2 N–H and O–H groups in total. The molecule has 0 aliphatic carbocycles. The Balaban J connectivity index is 2.77. The lowest BCUT2D eigenvalue weighted by Crippen LogP contribution is -2.41. The fourth-order valence-corrected chi connectivity index (χ4v) is 1.59. The number of carbonyl (C=O) groups is 1. The Morgan fingerprint density at radius 3 is 2.72 bits per heavy atom. The number of ether oxygens (including phenoxy) is 1. The Bertz CT molecular complexity index is 420. The van der Waals surface area contributed by atoms with E-state index in [4.69, 9.17) is 17.0 Å². The van der Waals surface area contributed by atoms with E-state index in [9.17, 15) is 4.79 Å². The van der Waals surface area contributed by atoms with Gasteiger partial charge in [0, 0.05) is 6.54 Å². The van der Waals surface area contributed by atoms with Crippen LogP contribution in [0.1, 0.15) is 11.6 Å². The van der Waals surface area contributed by atoms with Crippen LogP contribution >= 0.6 is 12.2 Å². The maximum atomic E-state index is 11.7. The van der Waals surface area contributed by atoms with Crippen LogP contribution < -0.4 is 10.6 Å². The lowest BCUT2D eigenvalue weighted by Gasteiger charge is -2.18. The molecule has 0 amide bonds. The van der Waals surface area contributed by atoms with Crippen molar-refractivity contribution in [3.05, 3.63) is 48.6 Å². The summed E-state index contributed by atoms with van der Waals surface area (Å²) in [7, 11) is 1.35. The second-order valence-corrected chi connectivity index (χ2v) is 3.92. The summed E-state index contributed by atoms with van der Waals surface area (Å²) in [5.41, 5.74) is 0.798. The maximum absolute atomic E-state index is 11.7. The summed E-state index contributed by atoms with van der Waals surface area (Å²) >= 11 is 5.09. The molecule has 18 heavy (non-hydrogen) atoms. The number of methoxy groups -OCH3 is 1. The quantitative estimate of drug-likeness (QED) is 0.480. The second-order valence-electron chi connectivity index (χ2n) is 3.51. The van der Waals surface area contributed by atoms with Gasteiger partial charge in [0.25, 0.3) is 0 Å². The van der Waals surface area contributed by atoms with Crippen LogP contribution in [-0.2, 0) is 9.53 Å². The zero-order valence-electron chi connectivity index (χ0n) is 10.2. The third-order valence-electron chi connectivity index (χ3n) is 2.25. The molecule has 1 rings (SSSR count). The molecule has 0 fully saturated rings. The van der Waals surface area contributed by atoms with Gasteiger partial charge in [-0.05, 0) is 17.8 Å². The first-order chi connectivity index (χ1) is 8.69. The highest BCUT2D eigenvalue weighted by atomic mass is 32.1. The predicted molar refractivity (Wildman–Crippen MR) is 75.1 cm³/mol. The van der Waals surface area contributed by atoms with Gasteiger partial charge in [-0.2, -0.15) is 0 Å². The molecular formula is C13H16N2O2S. The monoisotopic (exact) mass is 264 g/mol. The first kappa shape index (κ1) is 14.2. The highest BCUT2D eigenvalue weighted by Gasteiger charge is 2.21. The standard InChI is InChI=1S/C13H16N2O2S/c1-3-9-14-13(18)15-11(12(16)17-2)10-7-5-4-6-8-10/h3-8,11H,1,9H2,2H3,(H2,14,15,18). The van der Waals surface area contributed by atoms with Gasteiger partial charge in [-0.25, -0.2) is 4.79 Å². The van der Waals surface area contributed by atoms with E-state index >= 15 is 0 Å². The molecule has 0 spiro atoms. The molecular weight excluding hydrogens is 248 g/mol. The Morgan fingerprint density at radius 2 is 2.17 bits per heavy atom. The molecule has 0 aromatic heterocycles. The molecule has 0 radical (unpaired) electrons. The number of hydrogen-bond acceptors (Lipinski definition) is 3. The molecule has 96 valence electrons. The van der Waals surface area contributed by atoms with Crippen LogP contribution in [0.25, 0.3) is 0 Å². The second kappa shape index (κ2) is 7.45. The number of esters is 1. The van der Waals surface area contributed by atoms with Gasteiger partial charge in [-0.15, -0.1) is 6.58 Å². The molecule has 1 atom stereocenters. The van der Waals surface area contributed by atoms with Crippen LogP contribution in [0.3, 0.4) is 0 Å². The summed E-state index contributed by atoms with van der Waals surface area (Å²) in [6.45, 7) is 4.12. The Hall–Kier alpha value is -1.88. The van der Waals surface area contributed by atoms with Crippen molar-refractivity contribution in [3.8, 4) is 0 Å². The van der Waals surface area contributed by atoms with Gasteiger partial charge in [-0.1, -0.05) is 36.4 Å². The summed E-state index contributed by atoms with van der Waals surface area (Å²) in [6, 6.07) is 8.66. The van der Waals surface area contributed by atoms with E-state index in [1.54, 1.807) is 6.08 Å². The number of hydrogen-bond donors (Lipinski definition) is 2. The lowest BCUT2D eigenvalue weighted by molar-refractivity contribution is -0.142. The van der Waals surface area contributed by atoms with E-state index < -0.39 is 6.04 Å². The van der Waals surface area contributed by atoms with Crippen molar-refractivity contribution >= 4 is 23.3 Å². The van der Waals surface area contributed by atoms with Crippen molar-refractivity contribution in [1.29, 1.82) is 0 Å². The average molecular weight is 264 g/mol. The lowest BCUT2D eigenvalue weighted by atomic mass is 10.1. The summed E-state index contributed by atoms with van der Waals surface area (Å²) in [5.74, 6) is -0.385. The highest BCUT2D eigenvalue weighted by molar-refractivity contribution is 7.80. The van der Waals surface area contributed by atoms with E-state index in [2.05, 4.69) is 17.2 Å². The van der Waals surface area contributed by atoms with E-state index in [0.717, 1.165) is 5.56 Å². The fraction of sp³-hybridized carbons (Fsp3) is 0.231. The first-order valence-electron chi connectivity index (χ1n) is 5.47. The first-order valence-corrected chi connectivity index (χ1v) is 5.88. The van der Waals surface area contributed by atoms with Crippen LogP contribution in [0.2, 0.25) is 0 Å². The zero-order chi connectivity index (χ0) is 13.4. The van der Waals surface area contributed by atoms with Crippen LogP contribution in [0, 0.1) is 0 Å². The normalized spacial score (nSPS) is 11.2. The van der Waals surface area contributed by atoms with Gasteiger partial charge in [0.15, 0.2) is 11.2 Å². The van der Waals surface area contributed by atoms with Crippen LogP contribution in [0.4, 0.5) is 0 Å². The minimum absolute atomic E-state index is 0.383. The Kier molecular flexibility index (Phi) is 5.87. The van der Waals surface area contributed by atoms with E-state index in [0.29, 0.717) is 11.7 Å². The molecule has 1 aromatic carbocycles. The zero-order valence-corrected chi connectivity index (χ0v) is 11.0. The predicted octanol–water partition coefficient (Wildman–Crippen LogP) is 1.55. The van der Waals surface area contributed by atoms with Crippen molar-refractivity contribution in [2.24, 2.45) is 0 Å². The minimum Gasteiger partial charge on any atom is -0.467 e. The summed E-state index contributed by atoms with van der Waals surface area (Å²) < 4.78 is 4.76. The number of carbonyl (C=O) groups excluding carboxylic acids is 1. The van der Waals surface area contributed by atoms with Gasteiger partial charge >= 0.3 is 5.97 Å². The smallest absolute Gasteiger partial charge is 0.333 e. The van der Waals surface area contributed by atoms with Crippen molar-refractivity contribution in [1.82, 2.24) is 10.6 Å². The highest BCUT2D eigenvalue weighted by Crippen LogP contribution is 2.13. The van der Waals surface area contributed by atoms with Crippen LogP contribution in [-0.4, -0.2) is 24.7 Å². The maximum Gasteiger partial charge on any atom is 0.333 e. The van der Waals surface area contributed by atoms with Crippen LogP contribution in [0.15, 0.2) is 43.0 Å². The topological polar surface area (TPSA) is 50.4 Å². The van der Waals surface area contributed by atoms with Crippen molar-refractivity contribution in [3.63, 3.8) is 0 Å². The van der Waals surface area contributed by atoms with Gasteiger partial charge in [0.2, 0.25) is 0 Å². The van der Waals surface area contributed by atoms with E-state index in [-0.39, 0.29) is 5.97 Å². The molecule has 0 saturated carbocycles. The van der Waals surface area contributed by atoms with Crippen LogP contribution in [0.5, 0.6) is 0 Å². The number of nitrogens with one attached hydrogen (secondary N) is 2. The molecule has 0 aliphatic heterocycles. The largest absolute Gasteiger partial charge is 0.467 e. The molecule has 0 heterocycles. The summed E-state index contributed by atoms with van der Waals surface area (Å²) in [6.07, 6.45) is 1.68. The van der Waals surface area contributed by atoms with Gasteiger partial charge in [0.1, 0.15) is 0 Å². The van der Waals surface area contributed by atoms with Crippen molar-refractivity contribution in [2.75, 3.05) is 13.7 Å². The van der Waals surface area contributed by atoms with E-state index in [1.807, 2.05) is 30.3 Å². The van der Waals surface area contributed by atoms with Gasteiger partial charge in [0.05, 0.1) is 7.11 Å². The average Bonchev–Trinajstić information content (AvgIpc) is 2.42. The summed E-state index contributed by atoms with van der Waals surface area (Å²) in [5, 5.41) is 6.21. The van der Waals surface area contributed by atoms with E-state index in [1.165, 1.54) is 7.11 Å². The molecule has 0 bridgehead atoms. The third-order valence-corrected chi connectivity index (χ3v) is 2.51. The molecule has 0 aliphatic rings. The fourth-order valence-electron chi connectivity index (χ4n) is 1.39. The third kappa shape index (κ3) is 4.18. The van der Waals surface area contributed by atoms with Crippen molar-refractivity contribution < 1.29 is 9.53 Å². The van der Waals surface area contributed by atoms with Gasteiger partial charge in [-0.3, -0.25) is 0 Å². The molecule has 4 nitrogen and oxygen atoms in total. The number of benzene rings is 1. The Morgan fingerprint density at radius 1 is 1.50 bits per heavy atom. The number of thiocarbonyl (C=S) groups is 1. The van der Waals surface area contributed by atoms with Gasteiger partial charge < -0.3 is 15.4 Å². The SMILES string of the molecule is C=CCNC(=S)NC(C(=O)OC)c1ccccc1. The molecule has 1 unspecified atom stereocenters. The molecule has 5 heteroatoms. The molecule has 1 aromatic rings. The Labute approximate surface area is 112 Å². The number of rotatable bonds is 5. The summed E-state index contributed by atoms with van der Waals surface area (Å²) in [4.78, 5) is 11.7. The minimum atomic E-state index is -0.610. The van der Waals surface area contributed by atoms with Crippen molar-refractivity contribution in [2.45, 2.75) is 6.04 Å². The molecule has 0 saturated heterocycles.